The Labute approximate surface area is 180 Å². The molecule has 4 rings (SSSR count). The third kappa shape index (κ3) is 3.48. The Hall–Kier alpha value is -1.20. The molecule has 0 fully saturated rings. The van der Waals surface area contributed by atoms with E-state index in [1.807, 2.05) is 6.26 Å². The predicted octanol–water partition coefficient (Wildman–Crippen LogP) is 4.90. The van der Waals surface area contributed by atoms with Crippen LogP contribution in [0.3, 0.4) is 0 Å². The maximum atomic E-state index is 11.0. The van der Waals surface area contributed by atoms with Gasteiger partial charge in [0.1, 0.15) is 5.75 Å². The number of fused-ring (bicyclic) bond motifs is 2. The second kappa shape index (κ2) is 7.19. The summed E-state index contributed by atoms with van der Waals surface area (Å²) in [5.41, 5.74) is 5.58. The van der Waals surface area contributed by atoms with Crippen LogP contribution in [0, 0.1) is 5.92 Å². The number of benzene rings is 1. The Morgan fingerprint density at radius 3 is 2.48 bits per heavy atom. The minimum atomic E-state index is -0.843. The van der Waals surface area contributed by atoms with Gasteiger partial charge < -0.3 is 14.7 Å². The summed E-state index contributed by atoms with van der Waals surface area (Å²) in [7, 11) is 0. The van der Waals surface area contributed by atoms with Crippen LogP contribution in [0.2, 0.25) is 0 Å². The van der Waals surface area contributed by atoms with Gasteiger partial charge in [-0.25, -0.2) is 0 Å². The molecule has 1 aromatic carbocycles. The van der Waals surface area contributed by atoms with Gasteiger partial charge in [0.15, 0.2) is 0 Å². The molecule has 1 N–H and O–H groups in total. The Kier molecular flexibility index (Phi) is 5.22. The number of rotatable bonds is 2. The lowest BCUT2D eigenvalue weighted by molar-refractivity contribution is -0.0528. The summed E-state index contributed by atoms with van der Waals surface area (Å²) in [6, 6.07) is 2.59. The third-order valence-electron chi connectivity index (χ3n) is 7.00. The molecule has 0 saturated heterocycles. The first-order valence-electron chi connectivity index (χ1n) is 11.0. The second-order valence-electron chi connectivity index (χ2n) is 10.5. The average molecular weight is 417 g/mol. The summed E-state index contributed by atoms with van der Waals surface area (Å²) >= 11 is 1.63. The van der Waals surface area contributed by atoms with Crippen molar-refractivity contribution in [3.63, 3.8) is 0 Å². The maximum absolute atomic E-state index is 11.0. The zero-order valence-corrected chi connectivity index (χ0v) is 19.8. The normalized spacial score (nSPS) is 27.3. The fraction of sp³-hybridized carbons (Fsp3) is 0.708. The van der Waals surface area contributed by atoms with Crippen molar-refractivity contribution in [2.24, 2.45) is 10.9 Å². The SMILES string of the molecule is CSC(=NC(C)C)C1Cc2cc3c4c(c2OC1O)C(C)(C)CCN4CCC3(C)C. The number of aliphatic hydroxyl groups is 1. The van der Waals surface area contributed by atoms with Crippen LogP contribution in [-0.4, -0.2) is 41.8 Å². The van der Waals surface area contributed by atoms with Gasteiger partial charge in [0.05, 0.1) is 11.0 Å². The fourth-order valence-electron chi connectivity index (χ4n) is 5.20. The molecule has 0 aromatic heterocycles. The van der Waals surface area contributed by atoms with Crippen molar-refractivity contribution in [3.8, 4) is 5.75 Å². The van der Waals surface area contributed by atoms with E-state index in [9.17, 15) is 5.11 Å². The van der Waals surface area contributed by atoms with E-state index in [1.165, 1.54) is 28.8 Å². The summed E-state index contributed by atoms with van der Waals surface area (Å²) in [6.45, 7) is 15.8. The monoisotopic (exact) mass is 416 g/mol. The Morgan fingerprint density at radius 1 is 1.21 bits per heavy atom. The molecule has 29 heavy (non-hydrogen) atoms. The molecule has 3 aliphatic heterocycles. The van der Waals surface area contributed by atoms with Crippen LogP contribution in [-0.2, 0) is 17.3 Å². The first-order chi connectivity index (χ1) is 13.5. The lowest BCUT2D eigenvalue weighted by atomic mass is 9.68. The van der Waals surface area contributed by atoms with Gasteiger partial charge in [-0.05, 0) is 67.4 Å². The number of aliphatic hydroxyl groups excluding tert-OH is 1. The minimum absolute atomic E-state index is 0.0419. The van der Waals surface area contributed by atoms with Crippen LogP contribution in [0.5, 0.6) is 5.75 Å². The number of aliphatic imine (C=N–C) groups is 1. The molecule has 2 atom stereocenters. The zero-order valence-electron chi connectivity index (χ0n) is 19.0. The molecular weight excluding hydrogens is 380 g/mol. The average Bonchev–Trinajstić information content (AvgIpc) is 2.63. The lowest BCUT2D eigenvalue weighted by Crippen LogP contribution is -2.46. The van der Waals surface area contributed by atoms with Gasteiger partial charge in [-0.1, -0.05) is 27.7 Å². The summed E-state index contributed by atoms with van der Waals surface area (Å²) < 4.78 is 6.32. The van der Waals surface area contributed by atoms with E-state index >= 15 is 0 Å². The van der Waals surface area contributed by atoms with Gasteiger partial charge >= 0.3 is 0 Å². The van der Waals surface area contributed by atoms with Crippen molar-refractivity contribution < 1.29 is 9.84 Å². The number of nitrogens with zero attached hydrogens (tertiary/aromatic N) is 2. The largest absolute Gasteiger partial charge is 0.464 e. The van der Waals surface area contributed by atoms with Gasteiger partial charge in [0.2, 0.25) is 6.29 Å². The smallest absolute Gasteiger partial charge is 0.206 e. The molecule has 160 valence electrons. The standard InChI is InChI=1S/C24H36N2O2S/c1-14(2)25-21(29-7)16-12-15-13-17-19-18(20(15)28-22(16)27)24(5,6)9-11-26(19)10-8-23(17,3)4/h13-14,16,22,27H,8-12H2,1-7H3. The zero-order chi connectivity index (χ0) is 21.1. The Bertz CT molecular complexity index is 842. The highest BCUT2D eigenvalue weighted by atomic mass is 32.2. The minimum Gasteiger partial charge on any atom is -0.464 e. The van der Waals surface area contributed by atoms with Crippen LogP contribution in [0.15, 0.2) is 11.1 Å². The molecule has 0 spiro atoms. The summed E-state index contributed by atoms with van der Waals surface area (Å²) in [6.07, 6.45) is 4.28. The summed E-state index contributed by atoms with van der Waals surface area (Å²) in [5, 5.41) is 12.0. The van der Waals surface area contributed by atoms with E-state index in [-0.39, 0.29) is 22.8 Å². The molecule has 0 radical (unpaired) electrons. The molecular formula is C24H36N2O2S. The van der Waals surface area contributed by atoms with Crippen molar-refractivity contribution >= 4 is 22.5 Å². The first-order valence-corrected chi connectivity index (χ1v) is 12.2. The molecule has 3 aliphatic rings. The van der Waals surface area contributed by atoms with E-state index in [2.05, 4.69) is 52.5 Å². The predicted molar refractivity (Wildman–Crippen MR) is 124 cm³/mol. The molecule has 0 saturated carbocycles. The quantitative estimate of drug-likeness (QED) is 0.550. The second-order valence-corrected chi connectivity index (χ2v) is 11.3. The molecule has 3 heterocycles. The van der Waals surface area contributed by atoms with E-state index in [0.29, 0.717) is 0 Å². The van der Waals surface area contributed by atoms with Crippen molar-refractivity contribution in [2.45, 2.75) is 84.0 Å². The van der Waals surface area contributed by atoms with Crippen LogP contribution in [0.1, 0.15) is 71.1 Å². The van der Waals surface area contributed by atoms with Crippen LogP contribution in [0.4, 0.5) is 5.69 Å². The topological polar surface area (TPSA) is 45.1 Å². The Morgan fingerprint density at radius 2 is 1.86 bits per heavy atom. The van der Waals surface area contributed by atoms with Crippen molar-refractivity contribution in [2.75, 3.05) is 24.2 Å². The first kappa shape index (κ1) is 21.0. The van der Waals surface area contributed by atoms with Gasteiger partial charge in [-0.3, -0.25) is 4.99 Å². The van der Waals surface area contributed by atoms with Crippen molar-refractivity contribution in [1.82, 2.24) is 0 Å². The molecule has 0 aliphatic carbocycles. The number of thioether (sulfide) groups is 1. The van der Waals surface area contributed by atoms with Crippen LogP contribution >= 0.6 is 11.8 Å². The lowest BCUT2D eigenvalue weighted by Gasteiger charge is -2.50. The van der Waals surface area contributed by atoms with E-state index < -0.39 is 6.29 Å². The van der Waals surface area contributed by atoms with E-state index in [0.717, 1.165) is 36.7 Å². The summed E-state index contributed by atoms with van der Waals surface area (Å²) in [4.78, 5) is 7.34. The Balaban J connectivity index is 1.89. The highest BCUT2D eigenvalue weighted by Crippen LogP contribution is 2.55. The van der Waals surface area contributed by atoms with Crippen molar-refractivity contribution in [1.29, 1.82) is 0 Å². The highest BCUT2D eigenvalue weighted by molar-refractivity contribution is 8.13. The van der Waals surface area contributed by atoms with Gasteiger partial charge in [-0.2, -0.15) is 0 Å². The van der Waals surface area contributed by atoms with E-state index in [4.69, 9.17) is 9.73 Å². The van der Waals surface area contributed by atoms with Gasteiger partial charge in [0.25, 0.3) is 0 Å². The maximum Gasteiger partial charge on any atom is 0.206 e. The molecule has 0 bridgehead atoms. The van der Waals surface area contributed by atoms with E-state index in [1.54, 1.807) is 11.8 Å². The number of hydrogen-bond acceptors (Lipinski definition) is 5. The molecule has 4 nitrogen and oxygen atoms in total. The number of hydrogen-bond donors (Lipinski definition) is 1. The fourth-order valence-corrected chi connectivity index (χ4v) is 6.02. The third-order valence-corrected chi connectivity index (χ3v) is 7.83. The molecule has 5 heteroatoms. The van der Waals surface area contributed by atoms with Gasteiger partial charge in [-0.15, -0.1) is 11.8 Å². The molecule has 0 amide bonds. The summed E-state index contributed by atoms with van der Waals surface area (Å²) in [5.74, 6) is 0.838. The number of ether oxygens (including phenoxy) is 1. The molecule has 1 aromatic rings. The van der Waals surface area contributed by atoms with Gasteiger partial charge in [0, 0.05) is 30.4 Å². The van der Waals surface area contributed by atoms with Crippen LogP contribution < -0.4 is 9.64 Å². The number of anilines is 1. The van der Waals surface area contributed by atoms with Crippen LogP contribution in [0.25, 0.3) is 0 Å². The molecule has 2 unspecified atom stereocenters. The van der Waals surface area contributed by atoms with Crippen molar-refractivity contribution in [3.05, 3.63) is 22.8 Å². The highest BCUT2D eigenvalue weighted by Gasteiger charge is 2.45.